The molecule has 2 heterocycles. The number of ether oxygens (including phenoxy) is 1. The van der Waals surface area contributed by atoms with Crippen LogP contribution in [0.1, 0.15) is 6.23 Å². The van der Waals surface area contributed by atoms with Crippen LogP contribution in [0.25, 0.3) is 0 Å². The number of phosphoric acid groups is 1. The monoisotopic (exact) mass is 386 g/mol. The van der Waals surface area contributed by atoms with E-state index in [1.165, 1.54) is 0 Å². The average Bonchev–Trinajstić information content (AvgIpc) is 2.64. The van der Waals surface area contributed by atoms with Crippen molar-refractivity contribution in [2.75, 3.05) is 6.61 Å². The summed E-state index contributed by atoms with van der Waals surface area (Å²) >= 11 is 0. The molecule has 0 saturated carbocycles. The molecule has 1 aromatic rings. The van der Waals surface area contributed by atoms with Crippen LogP contribution in [0.15, 0.2) is 21.9 Å². The van der Waals surface area contributed by atoms with Crippen LogP contribution in [0.4, 0.5) is 0 Å². The molecular weight excluding hydrogens is 373 g/mol. The van der Waals surface area contributed by atoms with Crippen LogP contribution in [0.2, 0.25) is 0 Å². The molecule has 4 atom stereocenters. The fraction of sp³-hybridized carbons (Fsp3) is 0.556. The second kappa shape index (κ2) is 10.7. The summed E-state index contributed by atoms with van der Waals surface area (Å²) in [5.41, 5.74) is -1.55. The molecule has 1 aliphatic heterocycles. The summed E-state index contributed by atoms with van der Waals surface area (Å²) in [6.07, 6.45) is -4.83. The molecule has 1 aliphatic rings. The Kier molecular flexibility index (Phi) is 12.0. The van der Waals surface area contributed by atoms with Gasteiger partial charge >= 0.3 is 64.8 Å². The Morgan fingerprint density at radius 2 is 1.88 bits per heavy atom. The van der Waals surface area contributed by atoms with Gasteiger partial charge in [-0.1, -0.05) is 0 Å². The Morgan fingerprint density at radius 1 is 1.29 bits per heavy atom. The smallest absolute Gasteiger partial charge is 0.790 e. The number of phosphoric ester groups is 1. The summed E-state index contributed by atoms with van der Waals surface area (Å²) in [7, 11) is -5.26. The normalized spacial score (nSPS) is 26.0. The molecule has 0 spiro atoms. The molecule has 15 heteroatoms. The summed E-state index contributed by atoms with van der Waals surface area (Å²) in [5, 5.41) is 19.5. The molecule has 1 fully saturated rings. The van der Waals surface area contributed by atoms with E-state index in [4.69, 9.17) is 4.74 Å². The van der Waals surface area contributed by atoms with E-state index in [0.29, 0.717) is 0 Å². The van der Waals surface area contributed by atoms with Crippen molar-refractivity contribution in [1.29, 1.82) is 0 Å². The SMILES string of the molecule is O.O=c1ccn([C@@H]2O[C@H](COP(=O)([O-])[O-])[C@@H](O)[C@H]2O)c(=O)[nH]1.[Na+].[Na+]. The molecule has 0 unspecified atom stereocenters. The predicted octanol–water partition coefficient (Wildman–Crippen LogP) is -10.8. The van der Waals surface area contributed by atoms with Crippen molar-refractivity contribution in [3.8, 4) is 0 Å². The van der Waals surface area contributed by atoms with Crippen LogP contribution in [-0.2, 0) is 13.8 Å². The van der Waals surface area contributed by atoms with Gasteiger partial charge in [0.1, 0.15) is 18.3 Å². The zero-order valence-electron chi connectivity index (χ0n) is 12.8. The van der Waals surface area contributed by atoms with Crippen molar-refractivity contribution in [2.24, 2.45) is 0 Å². The van der Waals surface area contributed by atoms with Gasteiger partial charge in [-0.05, 0) is 0 Å². The largest absolute Gasteiger partial charge is 1.00 e. The minimum Gasteiger partial charge on any atom is -0.790 e. The van der Waals surface area contributed by atoms with Crippen molar-refractivity contribution in [3.05, 3.63) is 33.1 Å². The minimum absolute atomic E-state index is 0. The van der Waals surface area contributed by atoms with E-state index < -0.39 is 50.2 Å². The number of nitrogens with zero attached hydrogens (tertiary/aromatic N) is 1. The topological polar surface area (TPSA) is 208 Å². The summed E-state index contributed by atoms with van der Waals surface area (Å²) in [6.45, 7) is -0.808. The van der Waals surface area contributed by atoms with Gasteiger partial charge in [-0.2, -0.15) is 0 Å². The van der Waals surface area contributed by atoms with Gasteiger partial charge in [0.25, 0.3) is 5.56 Å². The van der Waals surface area contributed by atoms with E-state index in [0.717, 1.165) is 16.8 Å². The van der Waals surface area contributed by atoms with Crippen molar-refractivity contribution in [3.63, 3.8) is 0 Å². The number of hydrogen-bond acceptors (Lipinski definition) is 9. The third-order valence-electron chi connectivity index (χ3n) is 2.86. The van der Waals surface area contributed by atoms with Crippen LogP contribution in [-0.4, -0.2) is 50.2 Å². The maximum Gasteiger partial charge on any atom is 1.00 e. The van der Waals surface area contributed by atoms with E-state index in [-0.39, 0.29) is 64.6 Å². The Balaban J connectivity index is 0. The van der Waals surface area contributed by atoms with E-state index in [9.17, 15) is 34.2 Å². The molecule has 0 aromatic carbocycles. The molecule has 12 nitrogen and oxygen atoms in total. The first-order valence-electron chi connectivity index (χ1n) is 5.69. The zero-order valence-corrected chi connectivity index (χ0v) is 17.7. The van der Waals surface area contributed by atoms with Gasteiger partial charge in [0, 0.05) is 12.3 Å². The first kappa shape index (κ1) is 26.9. The summed E-state index contributed by atoms with van der Waals surface area (Å²) in [6, 6.07) is 0.997. The maximum atomic E-state index is 11.6. The van der Waals surface area contributed by atoms with Crippen molar-refractivity contribution < 1.29 is 98.4 Å². The third-order valence-corrected chi connectivity index (χ3v) is 3.32. The van der Waals surface area contributed by atoms with Gasteiger partial charge in [0.2, 0.25) is 0 Å². The Morgan fingerprint density at radius 3 is 2.38 bits per heavy atom. The number of aliphatic hydroxyl groups excluding tert-OH is 2. The second-order valence-electron chi connectivity index (χ2n) is 4.31. The summed E-state index contributed by atoms with van der Waals surface area (Å²) < 4.78 is 20.3. The van der Waals surface area contributed by atoms with Gasteiger partial charge in [0.15, 0.2) is 6.23 Å². The molecule has 126 valence electrons. The summed E-state index contributed by atoms with van der Waals surface area (Å²) in [4.78, 5) is 45.2. The van der Waals surface area contributed by atoms with Crippen LogP contribution in [0.3, 0.4) is 0 Å². The number of hydrogen-bond donors (Lipinski definition) is 3. The van der Waals surface area contributed by atoms with E-state index in [1.54, 1.807) is 0 Å². The quantitative estimate of drug-likeness (QED) is 0.331. The molecule has 5 N–H and O–H groups in total. The number of aromatic nitrogens is 2. The predicted molar refractivity (Wildman–Crippen MR) is 64.4 cm³/mol. The number of aliphatic hydroxyl groups is 2. The first-order valence-corrected chi connectivity index (χ1v) is 7.15. The van der Waals surface area contributed by atoms with Gasteiger partial charge in [-0.15, -0.1) is 0 Å². The Labute approximate surface area is 178 Å². The molecule has 0 radical (unpaired) electrons. The first-order chi connectivity index (χ1) is 9.69. The van der Waals surface area contributed by atoms with Crippen molar-refractivity contribution in [1.82, 2.24) is 9.55 Å². The molecular formula is C9H13N2Na2O10P. The van der Waals surface area contributed by atoms with Gasteiger partial charge < -0.3 is 39.3 Å². The summed E-state index contributed by atoms with van der Waals surface area (Å²) in [5.74, 6) is 0. The number of nitrogens with one attached hydrogen (secondary N) is 1. The van der Waals surface area contributed by atoms with Crippen molar-refractivity contribution >= 4 is 7.82 Å². The number of rotatable bonds is 4. The molecule has 1 saturated heterocycles. The molecule has 0 aliphatic carbocycles. The Bertz CT molecular complexity index is 675. The zero-order chi connectivity index (χ0) is 15.8. The number of aromatic amines is 1. The molecule has 0 bridgehead atoms. The molecule has 2 rings (SSSR count). The molecule has 1 aromatic heterocycles. The second-order valence-corrected chi connectivity index (χ2v) is 5.46. The maximum absolute atomic E-state index is 11.6. The van der Waals surface area contributed by atoms with Gasteiger partial charge in [-0.3, -0.25) is 14.3 Å². The van der Waals surface area contributed by atoms with E-state index in [1.807, 2.05) is 4.98 Å². The van der Waals surface area contributed by atoms with Crippen LogP contribution < -0.4 is 80.2 Å². The van der Waals surface area contributed by atoms with Gasteiger partial charge in [0.05, 0.1) is 14.4 Å². The molecule has 24 heavy (non-hydrogen) atoms. The average molecular weight is 386 g/mol. The fourth-order valence-corrected chi connectivity index (χ4v) is 2.22. The standard InChI is InChI=1S/C9H13N2O9P.2Na.H2O/c12-5-1-2-11(9(15)10-5)8-7(14)6(13)4(20-8)3-19-21(16,17)18;;;/h1-2,4,6-8,13-14H,3H2,(H,10,12,15)(H2,16,17,18);;;1H2/q;2*+1;/p-2/t4-,6-,7-,8-;;;/m1.../s1. The van der Waals surface area contributed by atoms with Gasteiger partial charge in [-0.25, -0.2) is 4.79 Å². The fourth-order valence-electron chi connectivity index (χ4n) is 1.89. The van der Waals surface area contributed by atoms with E-state index >= 15 is 0 Å². The van der Waals surface area contributed by atoms with E-state index in [2.05, 4.69) is 4.52 Å². The Hall–Kier alpha value is 0.630. The van der Waals surface area contributed by atoms with Crippen molar-refractivity contribution in [2.45, 2.75) is 24.5 Å². The minimum atomic E-state index is -5.26. The van der Waals surface area contributed by atoms with Crippen LogP contribution >= 0.6 is 7.82 Å². The molecule has 0 amide bonds. The van der Waals surface area contributed by atoms with Crippen LogP contribution in [0, 0.1) is 0 Å². The number of H-pyrrole nitrogens is 1. The third kappa shape index (κ3) is 6.74. The van der Waals surface area contributed by atoms with Crippen LogP contribution in [0.5, 0.6) is 0 Å².